The highest BCUT2D eigenvalue weighted by atomic mass is 19.1. The molecule has 1 aromatic heterocycles. The summed E-state index contributed by atoms with van der Waals surface area (Å²) in [5.74, 6) is -0.900. The van der Waals surface area contributed by atoms with Crippen LogP contribution < -0.4 is 0 Å². The van der Waals surface area contributed by atoms with Crippen LogP contribution in [0.1, 0.15) is 30.7 Å². The largest absolute Gasteiger partial charge is 0.468 e. The number of rotatable bonds is 4. The molecule has 2 aromatic rings. The summed E-state index contributed by atoms with van der Waals surface area (Å²) in [6.45, 7) is 2.93. The number of halogens is 2. The first kappa shape index (κ1) is 17.5. The second-order valence-electron chi connectivity index (χ2n) is 6.19. The fourth-order valence-corrected chi connectivity index (χ4v) is 3.15. The Morgan fingerprint density at radius 2 is 2.04 bits per heavy atom. The Morgan fingerprint density at radius 3 is 2.72 bits per heavy atom. The number of oxazole rings is 1. The van der Waals surface area contributed by atoms with Crippen LogP contribution in [0.25, 0.3) is 11.5 Å². The lowest BCUT2D eigenvalue weighted by atomic mass is 10.0. The molecule has 134 valence electrons. The molecule has 7 heteroatoms. The third kappa shape index (κ3) is 3.87. The predicted octanol–water partition coefficient (Wildman–Crippen LogP) is 3.46. The molecule has 1 fully saturated rings. The molecule has 1 aliphatic rings. The Balaban J connectivity index is 1.83. The van der Waals surface area contributed by atoms with E-state index in [9.17, 15) is 13.6 Å². The maximum Gasteiger partial charge on any atom is 0.323 e. The van der Waals surface area contributed by atoms with Gasteiger partial charge in [-0.1, -0.05) is 6.42 Å². The van der Waals surface area contributed by atoms with Gasteiger partial charge in [0.2, 0.25) is 5.89 Å². The van der Waals surface area contributed by atoms with Gasteiger partial charge in [0.05, 0.1) is 12.8 Å². The van der Waals surface area contributed by atoms with Crippen molar-refractivity contribution in [2.24, 2.45) is 0 Å². The van der Waals surface area contributed by atoms with Crippen LogP contribution in [-0.2, 0) is 16.1 Å². The first-order valence-corrected chi connectivity index (χ1v) is 8.22. The number of aromatic nitrogens is 1. The minimum atomic E-state index is -0.686. The van der Waals surface area contributed by atoms with E-state index < -0.39 is 11.6 Å². The van der Waals surface area contributed by atoms with E-state index in [0.717, 1.165) is 31.9 Å². The number of esters is 1. The minimum absolute atomic E-state index is 0.164. The lowest BCUT2D eigenvalue weighted by molar-refractivity contribution is -0.148. The van der Waals surface area contributed by atoms with E-state index in [1.165, 1.54) is 19.2 Å². The fraction of sp³-hybridized carbons (Fsp3) is 0.444. The zero-order valence-electron chi connectivity index (χ0n) is 14.2. The fourth-order valence-electron chi connectivity index (χ4n) is 3.15. The molecule has 0 unspecified atom stereocenters. The van der Waals surface area contributed by atoms with Gasteiger partial charge in [0, 0.05) is 18.2 Å². The highest BCUT2D eigenvalue weighted by Gasteiger charge is 2.30. The summed E-state index contributed by atoms with van der Waals surface area (Å²) < 4.78 is 37.3. The third-order valence-electron chi connectivity index (χ3n) is 4.44. The number of benzene rings is 1. The van der Waals surface area contributed by atoms with Crippen molar-refractivity contribution >= 4 is 5.97 Å². The Kier molecular flexibility index (Phi) is 5.13. The van der Waals surface area contributed by atoms with Crippen molar-refractivity contribution in [3.63, 3.8) is 0 Å². The topological polar surface area (TPSA) is 55.6 Å². The van der Waals surface area contributed by atoms with Gasteiger partial charge in [0.15, 0.2) is 0 Å². The van der Waals surface area contributed by atoms with Gasteiger partial charge in [0.25, 0.3) is 0 Å². The molecule has 0 amide bonds. The van der Waals surface area contributed by atoms with Crippen LogP contribution in [0.2, 0.25) is 0 Å². The number of ether oxygens (including phenoxy) is 1. The monoisotopic (exact) mass is 350 g/mol. The molecule has 0 N–H and O–H groups in total. The molecular weight excluding hydrogens is 330 g/mol. The summed E-state index contributed by atoms with van der Waals surface area (Å²) in [5, 5.41) is 0. The molecule has 3 rings (SSSR count). The smallest absolute Gasteiger partial charge is 0.323 e. The summed E-state index contributed by atoms with van der Waals surface area (Å²) in [5.41, 5.74) is 0.894. The zero-order valence-corrected chi connectivity index (χ0v) is 14.2. The van der Waals surface area contributed by atoms with E-state index in [0.29, 0.717) is 18.0 Å². The van der Waals surface area contributed by atoms with Gasteiger partial charge in [-0.3, -0.25) is 9.69 Å². The van der Waals surface area contributed by atoms with E-state index in [2.05, 4.69) is 4.98 Å². The highest BCUT2D eigenvalue weighted by Crippen LogP contribution is 2.26. The number of methoxy groups -OCH3 is 1. The molecular formula is C18H20F2N2O3. The van der Waals surface area contributed by atoms with Crippen molar-refractivity contribution in [2.45, 2.75) is 38.8 Å². The molecule has 0 spiro atoms. The molecule has 0 bridgehead atoms. The number of carbonyl (C=O) groups is 1. The first-order valence-electron chi connectivity index (χ1n) is 8.22. The van der Waals surface area contributed by atoms with Crippen molar-refractivity contribution in [1.29, 1.82) is 0 Å². The summed E-state index contributed by atoms with van der Waals surface area (Å²) in [4.78, 5) is 18.4. The average Bonchev–Trinajstić information content (AvgIpc) is 2.95. The van der Waals surface area contributed by atoms with Crippen molar-refractivity contribution in [3.05, 3.63) is 41.3 Å². The minimum Gasteiger partial charge on any atom is -0.468 e. The molecule has 5 nitrogen and oxygen atoms in total. The van der Waals surface area contributed by atoms with Crippen LogP contribution in [-0.4, -0.2) is 35.5 Å². The summed E-state index contributed by atoms with van der Waals surface area (Å²) in [6, 6.07) is 2.85. The number of hydrogen-bond donors (Lipinski definition) is 0. The molecule has 1 saturated heterocycles. The van der Waals surface area contributed by atoms with E-state index in [1.54, 1.807) is 6.92 Å². The molecule has 2 heterocycles. The third-order valence-corrected chi connectivity index (χ3v) is 4.44. The molecule has 25 heavy (non-hydrogen) atoms. The van der Waals surface area contributed by atoms with E-state index >= 15 is 0 Å². The van der Waals surface area contributed by atoms with Crippen molar-refractivity contribution in [2.75, 3.05) is 13.7 Å². The van der Waals surface area contributed by atoms with Crippen LogP contribution in [0, 0.1) is 18.6 Å². The van der Waals surface area contributed by atoms with E-state index in [4.69, 9.17) is 9.15 Å². The highest BCUT2D eigenvalue weighted by molar-refractivity contribution is 5.75. The summed E-state index contributed by atoms with van der Waals surface area (Å²) in [7, 11) is 1.38. The Morgan fingerprint density at radius 1 is 1.32 bits per heavy atom. The maximum atomic E-state index is 13.4. The number of nitrogens with zero attached hydrogens (tertiary/aromatic N) is 2. The second kappa shape index (κ2) is 7.31. The number of likely N-dealkylation sites (tertiary alicyclic amines) is 1. The zero-order chi connectivity index (χ0) is 18.0. The quantitative estimate of drug-likeness (QED) is 0.791. The first-order chi connectivity index (χ1) is 12.0. The Labute approximate surface area is 144 Å². The molecule has 0 saturated carbocycles. The van der Waals surface area contributed by atoms with Crippen LogP contribution in [0.3, 0.4) is 0 Å². The van der Waals surface area contributed by atoms with Gasteiger partial charge in [0.1, 0.15) is 23.4 Å². The van der Waals surface area contributed by atoms with Crippen LogP contribution in [0.15, 0.2) is 22.6 Å². The summed E-state index contributed by atoms with van der Waals surface area (Å²) >= 11 is 0. The average molecular weight is 350 g/mol. The van der Waals surface area contributed by atoms with Crippen molar-refractivity contribution in [3.8, 4) is 11.5 Å². The van der Waals surface area contributed by atoms with Crippen LogP contribution in [0.4, 0.5) is 8.78 Å². The van der Waals surface area contributed by atoms with Gasteiger partial charge < -0.3 is 9.15 Å². The number of aryl methyl sites for hydroxylation is 1. The van der Waals surface area contributed by atoms with E-state index in [-0.39, 0.29) is 23.5 Å². The standard InChI is InChI=1S/C18H20F2N2O3/c1-11-15(10-22-6-4-3-5-16(22)18(23)24-2)21-17(25-11)12-7-13(19)9-14(20)8-12/h7-9,16H,3-6,10H2,1-2H3/t16-/m0/s1. The predicted molar refractivity (Wildman–Crippen MR) is 86.7 cm³/mol. The van der Waals surface area contributed by atoms with Gasteiger partial charge in [-0.2, -0.15) is 0 Å². The molecule has 1 aromatic carbocycles. The molecule has 0 radical (unpaired) electrons. The van der Waals surface area contributed by atoms with Gasteiger partial charge in [-0.25, -0.2) is 13.8 Å². The Hall–Kier alpha value is -2.28. The van der Waals surface area contributed by atoms with Crippen molar-refractivity contribution in [1.82, 2.24) is 9.88 Å². The lowest BCUT2D eigenvalue weighted by Crippen LogP contribution is -2.44. The van der Waals surface area contributed by atoms with E-state index in [1.807, 2.05) is 4.90 Å². The van der Waals surface area contributed by atoms with Gasteiger partial charge in [-0.15, -0.1) is 0 Å². The summed E-state index contributed by atoms with van der Waals surface area (Å²) in [6.07, 6.45) is 2.71. The molecule has 1 atom stereocenters. The Bertz CT molecular complexity index is 755. The normalized spacial score (nSPS) is 18.3. The number of piperidine rings is 1. The lowest BCUT2D eigenvalue weighted by Gasteiger charge is -2.33. The molecule has 1 aliphatic heterocycles. The molecule has 0 aliphatic carbocycles. The van der Waals surface area contributed by atoms with Gasteiger partial charge in [-0.05, 0) is 38.4 Å². The van der Waals surface area contributed by atoms with Crippen LogP contribution in [0.5, 0.6) is 0 Å². The SMILES string of the molecule is COC(=O)[C@@H]1CCCCN1Cc1nc(-c2cc(F)cc(F)c2)oc1C. The second-order valence-corrected chi connectivity index (χ2v) is 6.19. The van der Waals surface area contributed by atoms with Crippen molar-refractivity contribution < 1.29 is 22.7 Å². The number of hydrogen-bond acceptors (Lipinski definition) is 5. The number of carbonyl (C=O) groups excluding carboxylic acids is 1. The maximum absolute atomic E-state index is 13.4. The van der Waals surface area contributed by atoms with Gasteiger partial charge >= 0.3 is 5.97 Å². The van der Waals surface area contributed by atoms with Crippen LogP contribution >= 0.6 is 0 Å².